The van der Waals surface area contributed by atoms with Crippen molar-refractivity contribution in [2.75, 3.05) is 5.75 Å². The van der Waals surface area contributed by atoms with Crippen LogP contribution in [0.2, 0.25) is 0 Å². The summed E-state index contributed by atoms with van der Waals surface area (Å²) in [6.07, 6.45) is -2.59. The third-order valence-electron chi connectivity index (χ3n) is 4.54. The Labute approximate surface area is 181 Å². The molecule has 0 saturated carbocycles. The first-order valence-electron chi connectivity index (χ1n) is 9.25. The molecule has 0 amide bonds. The summed E-state index contributed by atoms with van der Waals surface area (Å²) >= 11 is 0. The van der Waals surface area contributed by atoms with E-state index in [-0.39, 0.29) is 38.6 Å². The lowest BCUT2D eigenvalue weighted by atomic mass is 10.1. The minimum absolute atomic E-state index is 0.00711. The molecule has 0 bridgehead atoms. The molecule has 11 heteroatoms. The zero-order valence-electron chi connectivity index (χ0n) is 17.1. The molecule has 7 nitrogen and oxygen atoms in total. The maximum absolute atomic E-state index is 13.0. The van der Waals surface area contributed by atoms with Crippen LogP contribution in [0.1, 0.15) is 26.3 Å². The van der Waals surface area contributed by atoms with Crippen LogP contribution in [-0.4, -0.2) is 24.8 Å². The molecule has 0 spiro atoms. The molecule has 3 aromatic rings. The number of alkyl halides is 3. The van der Waals surface area contributed by atoms with E-state index in [0.717, 1.165) is 30.7 Å². The second-order valence-corrected chi connectivity index (χ2v) is 9.58. The summed E-state index contributed by atoms with van der Waals surface area (Å²) < 4.78 is 74.9. The van der Waals surface area contributed by atoms with Crippen molar-refractivity contribution in [3.63, 3.8) is 0 Å². The lowest BCUT2D eigenvalue weighted by Crippen LogP contribution is -2.25. The van der Waals surface area contributed by atoms with Crippen LogP contribution in [0.15, 0.2) is 50.8 Å². The number of nitrogens with zero attached hydrogens (tertiary/aromatic N) is 2. The first kappa shape index (κ1) is 23.3. The number of nitriles is 1. The largest absolute Gasteiger partial charge is 0.471 e. The van der Waals surface area contributed by atoms with Crippen molar-refractivity contribution < 1.29 is 30.7 Å². The third kappa shape index (κ3) is 4.45. The van der Waals surface area contributed by atoms with E-state index >= 15 is 0 Å². The second kappa shape index (κ2) is 7.94. The third-order valence-corrected chi connectivity index (χ3v) is 6.28. The van der Waals surface area contributed by atoms with Gasteiger partial charge in [0.2, 0.25) is 5.43 Å². The van der Waals surface area contributed by atoms with Gasteiger partial charge in [0, 0.05) is 6.07 Å². The fourth-order valence-corrected chi connectivity index (χ4v) is 3.93. The minimum atomic E-state index is -4.62. The molecule has 32 heavy (non-hydrogen) atoms. The summed E-state index contributed by atoms with van der Waals surface area (Å²) in [4.78, 5) is 16.7. The summed E-state index contributed by atoms with van der Waals surface area (Å²) in [5, 5.41) is 8.97. The number of benzene rings is 1. The summed E-state index contributed by atoms with van der Waals surface area (Å²) in [6.45, 7) is 4.34. The van der Waals surface area contributed by atoms with Gasteiger partial charge in [-0.15, -0.1) is 0 Å². The van der Waals surface area contributed by atoms with Crippen molar-refractivity contribution in [2.24, 2.45) is 0 Å². The zero-order valence-corrected chi connectivity index (χ0v) is 18.0. The standard InChI is InChI=1S/C21H17F3N2O5S/c1-4-32(28,29)17-8-13(31-20(2,3)11-25)9-26-18(17)15-10-30-16-7-12(21(22,23)24)5-6-14(16)19(15)27/h5-10H,4H2,1-3H3. The molecule has 0 aliphatic carbocycles. The highest BCUT2D eigenvalue weighted by Crippen LogP contribution is 2.33. The van der Waals surface area contributed by atoms with Gasteiger partial charge in [0.05, 0.1) is 39.1 Å². The van der Waals surface area contributed by atoms with Crippen LogP contribution in [0.5, 0.6) is 5.75 Å². The monoisotopic (exact) mass is 466 g/mol. The van der Waals surface area contributed by atoms with Gasteiger partial charge in [0.15, 0.2) is 15.4 Å². The van der Waals surface area contributed by atoms with Crippen LogP contribution in [0.25, 0.3) is 22.2 Å². The second-order valence-electron chi connectivity index (χ2n) is 7.33. The van der Waals surface area contributed by atoms with E-state index in [4.69, 9.17) is 14.4 Å². The van der Waals surface area contributed by atoms with Crippen molar-refractivity contribution in [1.82, 2.24) is 4.98 Å². The molecular formula is C21H17F3N2O5S. The van der Waals surface area contributed by atoms with Gasteiger partial charge in [-0.25, -0.2) is 8.42 Å². The first-order valence-corrected chi connectivity index (χ1v) is 10.9. The molecule has 0 atom stereocenters. The van der Waals surface area contributed by atoms with Gasteiger partial charge in [0.1, 0.15) is 23.7 Å². The van der Waals surface area contributed by atoms with E-state index in [0.29, 0.717) is 6.07 Å². The molecule has 168 valence electrons. The lowest BCUT2D eigenvalue weighted by Gasteiger charge is -2.19. The summed E-state index contributed by atoms with van der Waals surface area (Å²) in [5.74, 6) is -0.326. The van der Waals surface area contributed by atoms with Crippen molar-refractivity contribution in [2.45, 2.75) is 37.4 Å². The Kier molecular flexibility index (Phi) is 5.78. The summed E-state index contributed by atoms with van der Waals surface area (Å²) in [5.41, 5.74) is -3.78. The van der Waals surface area contributed by atoms with Crippen LogP contribution in [0, 0.1) is 11.3 Å². The number of halogens is 3. The summed E-state index contributed by atoms with van der Waals surface area (Å²) in [7, 11) is -3.91. The van der Waals surface area contributed by atoms with Crippen molar-refractivity contribution in [3.05, 3.63) is 52.5 Å². The van der Waals surface area contributed by atoms with E-state index in [2.05, 4.69) is 4.98 Å². The number of aromatic nitrogens is 1. The molecule has 0 radical (unpaired) electrons. The fourth-order valence-electron chi connectivity index (χ4n) is 2.86. The van der Waals surface area contributed by atoms with E-state index < -0.39 is 32.6 Å². The van der Waals surface area contributed by atoms with E-state index in [1.165, 1.54) is 20.8 Å². The predicted molar refractivity (Wildman–Crippen MR) is 109 cm³/mol. The van der Waals surface area contributed by atoms with Gasteiger partial charge < -0.3 is 9.15 Å². The topological polar surface area (TPSA) is 110 Å². The highest BCUT2D eigenvalue weighted by Gasteiger charge is 2.31. The smallest absolute Gasteiger partial charge is 0.416 e. The Morgan fingerprint density at radius 3 is 2.50 bits per heavy atom. The number of hydrogen-bond donors (Lipinski definition) is 0. The molecule has 3 rings (SSSR count). The molecule has 0 aliphatic heterocycles. The maximum Gasteiger partial charge on any atom is 0.416 e. The van der Waals surface area contributed by atoms with E-state index in [1.807, 2.05) is 6.07 Å². The van der Waals surface area contributed by atoms with Gasteiger partial charge in [0.25, 0.3) is 0 Å². The van der Waals surface area contributed by atoms with Crippen LogP contribution >= 0.6 is 0 Å². The Bertz CT molecular complexity index is 1400. The molecule has 0 unspecified atom stereocenters. The van der Waals surface area contributed by atoms with Gasteiger partial charge in [-0.05, 0) is 32.0 Å². The molecule has 0 saturated heterocycles. The maximum atomic E-state index is 13.0. The molecule has 0 aliphatic rings. The van der Waals surface area contributed by atoms with Crippen molar-refractivity contribution >= 4 is 20.8 Å². The Morgan fingerprint density at radius 1 is 1.22 bits per heavy atom. The number of fused-ring (bicyclic) bond motifs is 1. The average molecular weight is 466 g/mol. The predicted octanol–water partition coefficient (Wildman–Crippen LogP) is 4.35. The van der Waals surface area contributed by atoms with Crippen LogP contribution in [-0.2, 0) is 16.0 Å². The summed E-state index contributed by atoms with van der Waals surface area (Å²) in [6, 6.07) is 5.45. The van der Waals surface area contributed by atoms with Crippen molar-refractivity contribution in [1.29, 1.82) is 5.26 Å². The van der Waals surface area contributed by atoms with Crippen LogP contribution in [0.3, 0.4) is 0 Å². The molecule has 2 heterocycles. The van der Waals surface area contributed by atoms with Crippen LogP contribution in [0.4, 0.5) is 13.2 Å². The van der Waals surface area contributed by atoms with Crippen molar-refractivity contribution in [3.8, 4) is 23.1 Å². The van der Waals surface area contributed by atoms with Gasteiger partial charge in [-0.2, -0.15) is 18.4 Å². The average Bonchev–Trinajstić information content (AvgIpc) is 2.73. The SMILES string of the molecule is CCS(=O)(=O)c1cc(OC(C)(C)C#N)cnc1-c1coc2cc(C(F)(F)F)ccc2c1=O. The Hall–Kier alpha value is -3.39. The number of sulfone groups is 1. The highest BCUT2D eigenvalue weighted by atomic mass is 32.2. The highest BCUT2D eigenvalue weighted by molar-refractivity contribution is 7.91. The number of hydrogen-bond acceptors (Lipinski definition) is 7. The normalized spacial score (nSPS) is 12.5. The minimum Gasteiger partial charge on any atom is -0.471 e. The Morgan fingerprint density at radius 2 is 1.91 bits per heavy atom. The molecular weight excluding hydrogens is 449 g/mol. The molecule has 0 fully saturated rings. The number of ether oxygens (including phenoxy) is 1. The fraction of sp³-hybridized carbons (Fsp3) is 0.286. The number of pyridine rings is 1. The zero-order chi connectivity index (χ0) is 23.9. The lowest BCUT2D eigenvalue weighted by molar-refractivity contribution is -0.137. The van der Waals surface area contributed by atoms with Gasteiger partial charge in [-0.1, -0.05) is 6.92 Å². The number of rotatable bonds is 5. The van der Waals surface area contributed by atoms with E-state index in [1.54, 1.807) is 0 Å². The Balaban J connectivity index is 2.23. The molecule has 1 aromatic carbocycles. The molecule has 2 aromatic heterocycles. The van der Waals surface area contributed by atoms with Gasteiger partial charge in [-0.3, -0.25) is 9.78 Å². The first-order chi connectivity index (χ1) is 14.8. The van der Waals surface area contributed by atoms with Gasteiger partial charge >= 0.3 is 6.18 Å². The molecule has 0 N–H and O–H groups in total. The van der Waals surface area contributed by atoms with E-state index in [9.17, 15) is 26.4 Å². The quantitative estimate of drug-likeness (QED) is 0.550. The van der Waals surface area contributed by atoms with Crippen LogP contribution < -0.4 is 10.2 Å².